The Hall–Kier alpha value is -1.37. The number of likely N-dealkylation sites (N-methyl/N-ethyl adjacent to an activating group) is 1. The summed E-state index contributed by atoms with van der Waals surface area (Å²) in [5.74, 6) is 0.638. The molecule has 0 unspecified atom stereocenters. The minimum absolute atomic E-state index is 0.0812. The summed E-state index contributed by atoms with van der Waals surface area (Å²) in [6.07, 6.45) is 3.29. The summed E-state index contributed by atoms with van der Waals surface area (Å²) < 4.78 is 16.9. The monoisotopic (exact) mass is 385 g/mol. The largest absolute Gasteiger partial charge is 0.491 e. The van der Waals surface area contributed by atoms with Gasteiger partial charge in [-0.2, -0.15) is 0 Å². The lowest BCUT2D eigenvalue weighted by Gasteiger charge is -2.14. The number of benzene rings is 1. The van der Waals surface area contributed by atoms with Gasteiger partial charge in [0.15, 0.2) is 0 Å². The first-order chi connectivity index (χ1) is 11.1. The van der Waals surface area contributed by atoms with E-state index in [2.05, 4.69) is 15.9 Å². The summed E-state index contributed by atoms with van der Waals surface area (Å²) >= 11 is 3.43. The van der Waals surface area contributed by atoms with E-state index in [0.29, 0.717) is 33.0 Å². The van der Waals surface area contributed by atoms with Crippen LogP contribution in [0.15, 0.2) is 28.7 Å². The second kappa shape index (κ2) is 11.2. The van der Waals surface area contributed by atoms with Crippen LogP contribution < -0.4 is 4.74 Å². The fourth-order valence-corrected chi connectivity index (χ4v) is 2.14. The van der Waals surface area contributed by atoms with E-state index in [4.69, 9.17) is 14.2 Å². The number of methoxy groups -OCH3 is 1. The number of carbonyl (C=O) groups excluding carboxylic acids is 1. The highest BCUT2D eigenvalue weighted by Crippen LogP contribution is 2.24. The number of amides is 1. The van der Waals surface area contributed by atoms with Crippen LogP contribution in [0.5, 0.6) is 5.75 Å². The van der Waals surface area contributed by atoms with Gasteiger partial charge in [0.25, 0.3) is 0 Å². The van der Waals surface area contributed by atoms with Gasteiger partial charge in [0, 0.05) is 43.4 Å². The Balaban J connectivity index is 2.71. The molecule has 5 nitrogen and oxygen atoms in total. The van der Waals surface area contributed by atoms with Crippen molar-refractivity contribution in [3.8, 4) is 5.75 Å². The molecule has 0 aliphatic heterocycles. The first-order valence-corrected chi connectivity index (χ1v) is 8.30. The standard InChI is InChI=1S/C17H24BrNO4/c1-4-22-11-12-23-16-7-6-15(18)13-14(16)5-8-17(20)19(2)9-10-21-3/h5-8,13H,4,9-12H2,1-3H3/b8-5+. The van der Waals surface area contributed by atoms with Gasteiger partial charge in [-0.3, -0.25) is 4.79 Å². The van der Waals surface area contributed by atoms with Crippen LogP contribution in [0.25, 0.3) is 6.08 Å². The lowest BCUT2D eigenvalue weighted by molar-refractivity contribution is -0.125. The van der Waals surface area contributed by atoms with E-state index in [-0.39, 0.29) is 5.91 Å². The Morgan fingerprint density at radius 1 is 1.30 bits per heavy atom. The molecule has 23 heavy (non-hydrogen) atoms. The molecule has 6 heteroatoms. The molecule has 0 aromatic heterocycles. The highest BCUT2D eigenvalue weighted by atomic mass is 79.9. The van der Waals surface area contributed by atoms with Crippen molar-refractivity contribution >= 4 is 27.9 Å². The molecule has 1 rings (SSSR count). The highest BCUT2D eigenvalue weighted by molar-refractivity contribution is 9.10. The molecule has 0 aliphatic carbocycles. The van der Waals surface area contributed by atoms with Crippen molar-refractivity contribution in [2.45, 2.75) is 6.92 Å². The van der Waals surface area contributed by atoms with Crippen molar-refractivity contribution in [2.75, 3.05) is 47.1 Å². The van der Waals surface area contributed by atoms with Crippen LogP contribution in [-0.2, 0) is 14.3 Å². The zero-order valence-corrected chi connectivity index (χ0v) is 15.5. The summed E-state index contributed by atoms with van der Waals surface area (Å²) in [4.78, 5) is 13.6. The molecule has 0 saturated carbocycles. The molecule has 1 amide bonds. The van der Waals surface area contributed by atoms with Gasteiger partial charge in [-0.25, -0.2) is 0 Å². The second-order valence-electron chi connectivity index (χ2n) is 4.81. The van der Waals surface area contributed by atoms with Gasteiger partial charge in [0.1, 0.15) is 12.4 Å². The van der Waals surface area contributed by atoms with E-state index < -0.39 is 0 Å². The maximum absolute atomic E-state index is 12.0. The molecule has 1 aromatic rings. The van der Waals surface area contributed by atoms with E-state index in [9.17, 15) is 4.79 Å². The van der Waals surface area contributed by atoms with Gasteiger partial charge in [-0.15, -0.1) is 0 Å². The van der Waals surface area contributed by atoms with Gasteiger partial charge in [-0.05, 0) is 31.2 Å². The first-order valence-electron chi connectivity index (χ1n) is 7.50. The highest BCUT2D eigenvalue weighted by Gasteiger charge is 2.06. The fraction of sp³-hybridized carbons (Fsp3) is 0.471. The van der Waals surface area contributed by atoms with Gasteiger partial charge >= 0.3 is 0 Å². The summed E-state index contributed by atoms with van der Waals surface area (Å²) in [5, 5.41) is 0. The van der Waals surface area contributed by atoms with Crippen LogP contribution in [0.1, 0.15) is 12.5 Å². The number of rotatable bonds is 10. The molecule has 0 radical (unpaired) electrons. The number of hydrogen-bond donors (Lipinski definition) is 0. The number of nitrogens with zero attached hydrogens (tertiary/aromatic N) is 1. The first kappa shape index (κ1) is 19.7. The average Bonchev–Trinajstić information content (AvgIpc) is 2.55. The summed E-state index contributed by atoms with van der Waals surface area (Å²) in [6.45, 7) is 4.68. The van der Waals surface area contributed by atoms with Crippen LogP contribution >= 0.6 is 15.9 Å². The quantitative estimate of drug-likeness (QED) is 0.458. The smallest absolute Gasteiger partial charge is 0.246 e. The van der Waals surface area contributed by atoms with Crippen LogP contribution in [0, 0.1) is 0 Å². The van der Waals surface area contributed by atoms with Gasteiger partial charge < -0.3 is 19.1 Å². The van der Waals surface area contributed by atoms with Crippen LogP contribution in [0.3, 0.4) is 0 Å². The summed E-state index contributed by atoms with van der Waals surface area (Å²) in [6, 6.07) is 5.68. The molecule has 1 aromatic carbocycles. The SMILES string of the molecule is CCOCCOc1ccc(Br)cc1/C=C/C(=O)N(C)CCOC. The molecule has 0 saturated heterocycles. The van der Waals surface area contributed by atoms with Gasteiger partial charge in [0.2, 0.25) is 5.91 Å². The van der Waals surface area contributed by atoms with Crippen molar-refractivity contribution in [3.63, 3.8) is 0 Å². The normalized spacial score (nSPS) is 11.0. The third-order valence-electron chi connectivity index (χ3n) is 3.07. The minimum Gasteiger partial charge on any atom is -0.491 e. The lowest BCUT2D eigenvalue weighted by atomic mass is 10.2. The molecule has 0 spiro atoms. The average molecular weight is 386 g/mol. The predicted octanol–water partition coefficient (Wildman–Crippen LogP) is 2.98. The zero-order chi connectivity index (χ0) is 17.1. The van der Waals surface area contributed by atoms with E-state index in [1.807, 2.05) is 25.1 Å². The lowest BCUT2D eigenvalue weighted by Crippen LogP contribution is -2.28. The van der Waals surface area contributed by atoms with Gasteiger partial charge in [-0.1, -0.05) is 15.9 Å². The molecule has 0 N–H and O–H groups in total. The molecule has 128 valence electrons. The topological polar surface area (TPSA) is 48.0 Å². The van der Waals surface area contributed by atoms with Crippen molar-refractivity contribution in [1.82, 2.24) is 4.90 Å². The molecule has 0 heterocycles. The molecule has 0 fully saturated rings. The summed E-state index contributed by atoms with van der Waals surface area (Å²) in [7, 11) is 3.35. The third-order valence-corrected chi connectivity index (χ3v) is 3.57. The number of halogens is 1. The Morgan fingerprint density at radius 3 is 2.78 bits per heavy atom. The molecular formula is C17H24BrNO4. The minimum atomic E-state index is -0.0812. The number of ether oxygens (including phenoxy) is 3. The van der Waals surface area contributed by atoms with Crippen molar-refractivity contribution < 1.29 is 19.0 Å². The second-order valence-corrected chi connectivity index (χ2v) is 5.73. The number of hydrogen-bond acceptors (Lipinski definition) is 4. The Kier molecular flexibility index (Phi) is 9.59. The maximum atomic E-state index is 12.0. The predicted molar refractivity (Wildman–Crippen MR) is 94.7 cm³/mol. The Labute approximate surface area is 146 Å². The molecule has 0 bridgehead atoms. The maximum Gasteiger partial charge on any atom is 0.246 e. The van der Waals surface area contributed by atoms with E-state index in [0.717, 1.165) is 15.8 Å². The molecule has 0 aliphatic rings. The zero-order valence-electron chi connectivity index (χ0n) is 13.9. The number of carbonyl (C=O) groups is 1. The summed E-state index contributed by atoms with van der Waals surface area (Å²) in [5.41, 5.74) is 0.837. The van der Waals surface area contributed by atoms with Crippen LogP contribution in [0.2, 0.25) is 0 Å². The van der Waals surface area contributed by atoms with Gasteiger partial charge in [0.05, 0.1) is 13.2 Å². The van der Waals surface area contributed by atoms with E-state index >= 15 is 0 Å². The Bertz CT molecular complexity index is 519. The van der Waals surface area contributed by atoms with E-state index in [1.165, 1.54) is 6.08 Å². The fourth-order valence-electron chi connectivity index (χ4n) is 1.76. The third kappa shape index (κ3) is 7.63. The van der Waals surface area contributed by atoms with Crippen molar-refractivity contribution in [3.05, 3.63) is 34.3 Å². The molecular weight excluding hydrogens is 362 g/mol. The Morgan fingerprint density at radius 2 is 2.09 bits per heavy atom. The van der Waals surface area contributed by atoms with Crippen LogP contribution in [-0.4, -0.2) is 57.9 Å². The van der Waals surface area contributed by atoms with E-state index in [1.54, 1.807) is 25.1 Å². The van der Waals surface area contributed by atoms with Crippen LogP contribution in [0.4, 0.5) is 0 Å². The molecule has 0 atom stereocenters. The van der Waals surface area contributed by atoms with Crippen molar-refractivity contribution in [2.24, 2.45) is 0 Å². The van der Waals surface area contributed by atoms with Crippen molar-refractivity contribution in [1.29, 1.82) is 0 Å².